The molecule has 4 nitrogen and oxygen atoms in total. The van der Waals surface area contributed by atoms with E-state index < -0.39 is 0 Å². The van der Waals surface area contributed by atoms with E-state index in [-0.39, 0.29) is 5.91 Å². The molecule has 1 N–H and O–H groups in total. The van der Waals surface area contributed by atoms with Crippen LogP contribution in [-0.4, -0.2) is 31.4 Å². The number of thioether (sulfide) groups is 1. The number of hydrogen-bond donors (Lipinski definition) is 1. The lowest BCUT2D eigenvalue weighted by Crippen LogP contribution is -2.25. The summed E-state index contributed by atoms with van der Waals surface area (Å²) < 4.78 is 11.1. The Morgan fingerprint density at radius 2 is 1.72 bits per heavy atom. The summed E-state index contributed by atoms with van der Waals surface area (Å²) in [6, 6.07) is 12.9. The average Bonchev–Trinajstić information content (AvgIpc) is 2.62. The highest BCUT2D eigenvalue weighted by Crippen LogP contribution is 2.28. The predicted octanol–water partition coefficient (Wildman–Crippen LogP) is 4.66. The maximum Gasteiger partial charge on any atom is 0.251 e. The van der Waals surface area contributed by atoms with Gasteiger partial charge < -0.3 is 14.8 Å². The molecular formula is C19H22ClNO3S. The van der Waals surface area contributed by atoms with Gasteiger partial charge in [0.15, 0.2) is 11.5 Å². The Balaban J connectivity index is 1.87. The van der Waals surface area contributed by atoms with E-state index in [1.165, 1.54) is 0 Å². The molecule has 25 heavy (non-hydrogen) atoms. The topological polar surface area (TPSA) is 47.6 Å². The minimum absolute atomic E-state index is 0.124. The summed E-state index contributed by atoms with van der Waals surface area (Å²) in [4.78, 5) is 13.4. The van der Waals surface area contributed by atoms with E-state index in [0.717, 1.165) is 15.7 Å². The molecule has 6 heteroatoms. The summed E-state index contributed by atoms with van der Waals surface area (Å²) in [6.07, 6.45) is 0. The second-order valence-electron chi connectivity index (χ2n) is 5.09. The van der Waals surface area contributed by atoms with Gasteiger partial charge in [0.1, 0.15) is 0 Å². The Hall–Kier alpha value is -1.85. The molecule has 2 aromatic carbocycles. The third-order valence-electron chi connectivity index (χ3n) is 3.28. The Morgan fingerprint density at radius 3 is 2.40 bits per heavy atom. The molecule has 0 saturated carbocycles. The van der Waals surface area contributed by atoms with Gasteiger partial charge in [-0.2, -0.15) is 0 Å². The number of nitrogens with one attached hydrogen (secondary N) is 1. The molecule has 0 fully saturated rings. The number of carbonyl (C=O) groups is 1. The molecule has 0 bridgehead atoms. The van der Waals surface area contributed by atoms with Crippen LogP contribution in [-0.2, 0) is 0 Å². The summed E-state index contributed by atoms with van der Waals surface area (Å²) in [5.41, 5.74) is 0.559. The van der Waals surface area contributed by atoms with Crippen LogP contribution in [0.3, 0.4) is 0 Å². The predicted molar refractivity (Wildman–Crippen MR) is 103 cm³/mol. The number of rotatable bonds is 9. The Morgan fingerprint density at radius 1 is 1.04 bits per heavy atom. The largest absolute Gasteiger partial charge is 0.490 e. The monoisotopic (exact) mass is 379 g/mol. The van der Waals surface area contributed by atoms with Gasteiger partial charge in [0, 0.05) is 27.8 Å². The first-order chi connectivity index (χ1) is 12.1. The highest BCUT2D eigenvalue weighted by molar-refractivity contribution is 7.99. The molecule has 0 radical (unpaired) electrons. The Labute approximate surface area is 157 Å². The number of benzene rings is 2. The van der Waals surface area contributed by atoms with E-state index in [9.17, 15) is 4.79 Å². The number of halogens is 1. The number of carbonyl (C=O) groups excluding carboxylic acids is 1. The van der Waals surface area contributed by atoms with Crippen molar-refractivity contribution in [3.05, 3.63) is 53.1 Å². The number of hydrogen-bond acceptors (Lipinski definition) is 4. The van der Waals surface area contributed by atoms with Gasteiger partial charge >= 0.3 is 0 Å². The van der Waals surface area contributed by atoms with Crippen molar-refractivity contribution in [3.8, 4) is 11.5 Å². The highest BCUT2D eigenvalue weighted by atomic mass is 35.5. The fraction of sp³-hybridized carbons (Fsp3) is 0.316. The number of ether oxygens (including phenoxy) is 2. The highest BCUT2D eigenvalue weighted by Gasteiger charge is 2.11. The third kappa shape index (κ3) is 6.18. The smallest absolute Gasteiger partial charge is 0.251 e. The van der Waals surface area contributed by atoms with Crippen LogP contribution in [0.15, 0.2) is 47.4 Å². The maximum atomic E-state index is 12.3. The van der Waals surface area contributed by atoms with Crippen molar-refractivity contribution in [1.82, 2.24) is 5.32 Å². The van der Waals surface area contributed by atoms with Crippen LogP contribution in [0.25, 0.3) is 0 Å². The molecule has 0 heterocycles. The van der Waals surface area contributed by atoms with Crippen LogP contribution >= 0.6 is 23.4 Å². The molecule has 0 saturated heterocycles. The van der Waals surface area contributed by atoms with E-state index in [4.69, 9.17) is 21.1 Å². The molecule has 0 spiro atoms. The Bertz CT molecular complexity index is 692. The standard InChI is InChI=1S/C19H22ClNO3S/c1-3-23-17-10-5-14(13-18(17)24-4-2)19(22)21-11-12-25-16-8-6-15(20)7-9-16/h5-10,13H,3-4,11-12H2,1-2H3,(H,21,22). The zero-order valence-electron chi connectivity index (χ0n) is 14.4. The van der Waals surface area contributed by atoms with Crippen molar-refractivity contribution in [2.75, 3.05) is 25.5 Å². The molecule has 2 rings (SSSR count). The lowest BCUT2D eigenvalue weighted by Gasteiger charge is -2.12. The van der Waals surface area contributed by atoms with E-state index >= 15 is 0 Å². The van der Waals surface area contributed by atoms with Gasteiger partial charge in [-0.05, 0) is 56.3 Å². The minimum atomic E-state index is -0.124. The van der Waals surface area contributed by atoms with Crippen LogP contribution in [0.5, 0.6) is 11.5 Å². The van der Waals surface area contributed by atoms with Crippen LogP contribution < -0.4 is 14.8 Å². The van der Waals surface area contributed by atoms with Crippen LogP contribution in [0, 0.1) is 0 Å². The zero-order chi connectivity index (χ0) is 18.1. The van der Waals surface area contributed by atoms with Gasteiger partial charge in [-0.25, -0.2) is 0 Å². The van der Waals surface area contributed by atoms with E-state index in [2.05, 4.69) is 5.32 Å². The normalized spacial score (nSPS) is 10.4. The molecule has 2 aromatic rings. The van der Waals surface area contributed by atoms with Crippen LogP contribution in [0.1, 0.15) is 24.2 Å². The molecule has 134 valence electrons. The van der Waals surface area contributed by atoms with Gasteiger partial charge in [0.25, 0.3) is 5.91 Å². The first kappa shape index (κ1) is 19.5. The van der Waals surface area contributed by atoms with Crippen LogP contribution in [0.2, 0.25) is 5.02 Å². The van der Waals surface area contributed by atoms with Gasteiger partial charge in [0.2, 0.25) is 0 Å². The minimum Gasteiger partial charge on any atom is -0.490 e. The quantitative estimate of drug-likeness (QED) is 0.508. The van der Waals surface area contributed by atoms with Crippen molar-refractivity contribution in [3.63, 3.8) is 0 Å². The summed E-state index contributed by atoms with van der Waals surface area (Å²) in [7, 11) is 0. The van der Waals surface area contributed by atoms with E-state index in [0.29, 0.717) is 36.8 Å². The fourth-order valence-corrected chi connectivity index (χ4v) is 3.05. The molecule has 0 aliphatic heterocycles. The van der Waals surface area contributed by atoms with Crippen molar-refractivity contribution in [2.24, 2.45) is 0 Å². The third-order valence-corrected chi connectivity index (χ3v) is 4.54. The first-order valence-electron chi connectivity index (χ1n) is 8.20. The first-order valence-corrected chi connectivity index (χ1v) is 9.56. The van der Waals surface area contributed by atoms with Gasteiger partial charge in [-0.15, -0.1) is 11.8 Å². The van der Waals surface area contributed by atoms with Crippen molar-refractivity contribution < 1.29 is 14.3 Å². The average molecular weight is 380 g/mol. The van der Waals surface area contributed by atoms with Crippen LogP contribution in [0.4, 0.5) is 0 Å². The summed E-state index contributed by atoms with van der Waals surface area (Å²) in [5.74, 6) is 1.90. The summed E-state index contributed by atoms with van der Waals surface area (Å²) in [6.45, 7) is 5.45. The molecule has 0 aliphatic rings. The molecule has 1 amide bonds. The zero-order valence-corrected chi connectivity index (χ0v) is 16.0. The Kier molecular flexibility index (Phi) is 7.95. The SMILES string of the molecule is CCOc1ccc(C(=O)NCCSc2ccc(Cl)cc2)cc1OCC. The lowest BCUT2D eigenvalue weighted by atomic mass is 10.2. The maximum absolute atomic E-state index is 12.3. The second kappa shape index (κ2) is 10.2. The number of amides is 1. The summed E-state index contributed by atoms with van der Waals surface area (Å²) >= 11 is 7.53. The van der Waals surface area contributed by atoms with Crippen molar-refractivity contribution >= 4 is 29.3 Å². The molecular weight excluding hydrogens is 358 g/mol. The molecule has 0 unspecified atom stereocenters. The molecule has 0 atom stereocenters. The van der Waals surface area contributed by atoms with Crippen molar-refractivity contribution in [1.29, 1.82) is 0 Å². The van der Waals surface area contributed by atoms with E-state index in [1.807, 2.05) is 38.1 Å². The molecule has 0 aliphatic carbocycles. The van der Waals surface area contributed by atoms with Gasteiger partial charge in [-0.3, -0.25) is 4.79 Å². The lowest BCUT2D eigenvalue weighted by molar-refractivity contribution is 0.0955. The second-order valence-corrected chi connectivity index (χ2v) is 6.69. The van der Waals surface area contributed by atoms with Gasteiger partial charge in [0.05, 0.1) is 13.2 Å². The fourth-order valence-electron chi connectivity index (χ4n) is 2.16. The molecule has 0 aromatic heterocycles. The van der Waals surface area contributed by atoms with E-state index in [1.54, 1.807) is 30.0 Å². The van der Waals surface area contributed by atoms with Gasteiger partial charge in [-0.1, -0.05) is 11.6 Å². The van der Waals surface area contributed by atoms with Crippen molar-refractivity contribution in [2.45, 2.75) is 18.7 Å². The summed E-state index contributed by atoms with van der Waals surface area (Å²) in [5, 5.41) is 3.64.